The molecule has 0 unspecified atom stereocenters. The second kappa shape index (κ2) is 6.89. The molecular weight excluding hydrogens is 291 g/mol. The lowest BCUT2D eigenvalue weighted by atomic mass is 10.1. The number of carbonyl (C=O) groups excluding carboxylic acids is 1. The third-order valence-electron chi connectivity index (χ3n) is 2.67. The van der Waals surface area contributed by atoms with Crippen molar-refractivity contribution in [1.29, 1.82) is 0 Å². The van der Waals surface area contributed by atoms with Crippen LogP contribution >= 0.6 is 11.6 Å². The molecule has 0 saturated carbocycles. The molecule has 0 aliphatic carbocycles. The number of nitrogens with two attached hydrogens (primary N) is 1. The summed E-state index contributed by atoms with van der Waals surface area (Å²) in [5.41, 5.74) is 6.74. The minimum atomic E-state index is -0.538. The van der Waals surface area contributed by atoms with Crippen LogP contribution in [0.4, 0.5) is 10.1 Å². The van der Waals surface area contributed by atoms with E-state index in [0.717, 1.165) is 0 Å². The van der Waals surface area contributed by atoms with Gasteiger partial charge >= 0.3 is 0 Å². The number of nitrogens with one attached hydrogen (secondary N) is 1. The highest BCUT2D eigenvalue weighted by Crippen LogP contribution is 2.20. The summed E-state index contributed by atoms with van der Waals surface area (Å²) in [4.78, 5) is 12.2. The van der Waals surface area contributed by atoms with E-state index in [2.05, 4.69) is 17.2 Å². The van der Waals surface area contributed by atoms with Gasteiger partial charge in [0.2, 0.25) is 0 Å². The lowest BCUT2D eigenvalue weighted by Crippen LogP contribution is -2.13. The molecule has 3 N–H and O–H groups in total. The van der Waals surface area contributed by atoms with Gasteiger partial charge < -0.3 is 11.1 Å². The summed E-state index contributed by atoms with van der Waals surface area (Å²) in [6.45, 7) is 0.212. The van der Waals surface area contributed by atoms with Crippen molar-refractivity contribution in [2.24, 2.45) is 5.73 Å². The molecule has 5 heteroatoms. The topological polar surface area (TPSA) is 55.1 Å². The van der Waals surface area contributed by atoms with E-state index in [1.807, 2.05) is 0 Å². The summed E-state index contributed by atoms with van der Waals surface area (Å²) < 4.78 is 13.1. The average molecular weight is 303 g/mol. The summed E-state index contributed by atoms with van der Waals surface area (Å²) >= 11 is 5.68. The van der Waals surface area contributed by atoms with Crippen LogP contribution in [0.15, 0.2) is 42.5 Å². The Bertz CT molecular complexity index is 735. The fourth-order valence-electron chi connectivity index (χ4n) is 1.71. The Balaban J connectivity index is 2.26. The zero-order chi connectivity index (χ0) is 15.2. The molecular formula is C16H12ClFN2O. The van der Waals surface area contributed by atoms with Gasteiger partial charge in [-0.3, -0.25) is 4.79 Å². The molecule has 0 saturated heterocycles. The Labute approximate surface area is 126 Å². The van der Waals surface area contributed by atoms with Crippen LogP contribution in [0.5, 0.6) is 0 Å². The molecule has 2 aromatic rings. The zero-order valence-corrected chi connectivity index (χ0v) is 11.7. The average Bonchev–Trinajstić information content (AvgIpc) is 2.49. The molecule has 106 valence electrons. The van der Waals surface area contributed by atoms with E-state index < -0.39 is 5.82 Å². The van der Waals surface area contributed by atoms with E-state index in [1.54, 1.807) is 24.3 Å². The molecule has 0 aromatic heterocycles. The summed E-state index contributed by atoms with van der Waals surface area (Å²) in [6.07, 6.45) is 0. The zero-order valence-electron chi connectivity index (χ0n) is 11.0. The lowest BCUT2D eigenvalue weighted by Gasteiger charge is -2.07. The number of amides is 1. The van der Waals surface area contributed by atoms with Crippen molar-refractivity contribution < 1.29 is 9.18 Å². The monoisotopic (exact) mass is 302 g/mol. The molecule has 0 atom stereocenters. The molecule has 0 aliphatic rings. The van der Waals surface area contributed by atoms with Crippen LogP contribution in [0, 0.1) is 17.7 Å². The molecule has 2 rings (SSSR count). The van der Waals surface area contributed by atoms with Crippen molar-refractivity contribution in [3.05, 3.63) is 64.4 Å². The van der Waals surface area contributed by atoms with Crippen LogP contribution in [0.25, 0.3) is 0 Å². The maximum absolute atomic E-state index is 13.1. The van der Waals surface area contributed by atoms with Crippen LogP contribution in [0.3, 0.4) is 0 Å². The van der Waals surface area contributed by atoms with Gasteiger partial charge in [-0.05, 0) is 30.3 Å². The van der Waals surface area contributed by atoms with Crippen molar-refractivity contribution >= 4 is 23.2 Å². The molecule has 2 aromatic carbocycles. The van der Waals surface area contributed by atoms with E-state index in [4.69, 9.17) is 17.3 Å². The van der Waals surface area contributed by atoms with E-state index >= 15 is 0 Å². The number of rotatable bonds is 2. The van der Waals surface area contributed by atoms with Crippen molar-refractivity contribution in [3.8, 4) is 11.8 Å². The Hall–Kier alpha value is -2.35. The first kappa shape index (κ1) is 15.0. The van der Waals surface area contributed by atoms with Gasteiger partial charge in [0, 0.05) is 11.3 Å². The van der Waals surface area contributed by atoms with Crippen LogP contribution in [-0.4, -0.2) is 12.5 Å². The van der Waals surface area contributed by atoms with Gasteiger partial charge in [-0.1, -0.05) is 35.6 Å². The Morgan fingerprint density at radius 2 is 2.05 bits per heavy atom. The Kier molecular flexibility index (Phi) is 4.94. The molecule has 0 heterocycles. The molecule has 3 nitrogen and oxygen atoms in total. The Morgan fingerprint density at radius 1 is 1.29 bits per heavy atom. The van der Waals surface area contributed by atoms with E-state index in [0.29, 0.717) is 16.8 Å². The first-order valence-corrected chi connectivity index (χ1v) is 6.54. The quantitative estimate of drug-likeness (QED) is 0.838. The smallest absolute Gasteiger partial charge is 0.256 e. The molecule has 0 radical (unpaired) electrons. The fourth-order valence-corrected chi connectivity index (χ4v) is 1.89. The van der Waals surface area contributed by atoms with E-state index in [1.165, 1.54) is 18.2 Å². The van der Waals surface area contributed by atoms with Gasteiger partial charge in [-0.15, -0.1) is 0 Å². The SMILES string of the molecule is NCC#Cc1ccccc1C(=O)Nc1ccc(F)c(Cl)c1. The van der Waals surface area contributed by atoms with Gasteiger partial charge in [-0.2, -0.15) is 0 Å². The second-order valence-electron chi connectivity index (χ2n) is 4.13. The summed E-state index contributed by atoms with van der Waals surface area (Å²) in [6, 6.07) is 10.9. The number of halogens is 2. The molecule has 1 amide bonds. The normalized spacial score (nSPS) is 9.67. The van der Waals surface area contributed by atoms with E-state index in [-0.39, 0.29) is 17.5 Å². The van der Waals surface area contributed by atoms with Gasteiger partial charge in [-0.25, -0.2) is 4.39 Å². The van der Waals surface area contributed by atoms with Crippen LogP contribution in [-0.2, 0) is 0 Å². The highest BCUT2D eigenvalue weighted by atomic mass is 35.5. The van der Waals surface area contributed by atoms with Crippen molar-refractivity contribution in [2.45, 2.75) is 0 Å². The Morgan fingerprint density at radius 3 is 2.76 bits per heavy atom. The van der Waals surface area contributed by atoms with Crippen molar-refractivity contribution in [2.75, 3.05) is 11.9 Å². The first-order valence-electron chi connectivity index (χ1n) is 6.16. The fraction of sp³-hybridized carbons (Fsp3) is 0.0625. The van der Waals surface area contributed by atoms with Crippen molar-refractivity contribution in [3.63, 3.8) is 0 Å². The number of hydrogen-bond donors (Lipinski definition) is 2. The predicted molar refractivity (Wildman–Crippen MR) is 81.7 cm³/mol. The summed E-state index contributed by atoms with van der Waals surface area (Å²) in [7, 11) is 0. The number of benzene rings is 2. The highest BCUT2D eigenvalue weighted by molar-refractivity contribution is 6.31. The maximum Gasteiger partial charge on any atom is 0.256 e. The number of carbonyl (C=O) groups is 1. The van der Waals surface area contributed by atoms with Crippen LogP contribution in [0.1, 0.15) is 15.9 Å². The van der Waals surface area contributed by atoms with Gasteiger partial charge in [0.25, 0.3) is 5.91 Å². The molecule has 0 spiro atoms. The molecule has 21 heavy (non-hydrogen) atoms. The number of anilines is 1. The highest BCUT2D eigenvalue weighted by Gasteiger charge is 2.10. The standard InChI is InChI=1S/C16H12ClFN2O/c17-14-10-12(7-8-15(14)18)20-16(21)13-6-2-1-4-11(13)5-3-9-19/h1-2,4,6-8,10H,9,19H2,(H,20,21). The number of hydrogen-bond acceptors (Lipinski definition) is 2. The van der Waals surface area contributed by atoms with Gasteiger partial charge in [0.05, 0.1) is 17.1 Å². The minimum Gasteiger partial charge on any atom is -0.322 e. The maximum atomic E-state index is 13.1. The summed E-state index contributed by atoms with van der Waals surface area (Å²) in [5.74, 6) is 4.66. The van der Waals surface area contributed by atoms with Gasteiger partial charge in [0.1, 0.15) is 5.82 Å². The minimum absolute atomic E-state index is 0.0518. The summed E-state index contributed by atoms with van der Waals surface area (Å²) in [5, 5.41) is 2.60. The van der Waals surface area contributed by atoms with Crippen molar-refractivity contribution in [1.82, 2.24) is 0 Å². The molecule has 0 fully saturated rings. The third kappa shape index (κ3) is 3.82. The largest absolute Gasteiger partial charge is 0.322 e. The molecule has 0 bridgehead atoms. The molecule has 0 aliphatic heterocycles. The van der Waals surface area contributed by atoms with Gasteiger partial charge in [0.15, 0.2) is 0 Å². The first-order chi connectivity index (χ1) is 10.1. The van der Waals surface area contributed by atoms with E-state index in [9.17, 15) is 9.18 Å². The lowest BCUT2D eigenvalue weighted by molar-refractivity contribution is 0.102. The van der Waals surface area contributed by atoms with Crippen LogP contribution in [0.2, 0.25) is 5.02 Å². The third-order valence-corrected chi connectivity index (χ3v) is 2.96. The predicted octanol–water partition coefficient (Wildman–Crippen LogP) is 3.04. The second-order valence-corrected chi connectivity index (χ2v) is 4.54. The van der Waals surface area contributed by atoms with Crippen LogP contribution < -0.4 is 11.1 Å².